The molecule has 2 aromatic rings. The van der Waals surface area contributed by atoms with Gasteiger partial charge in [-0.1, -0.05) is 4.49 Å². The van der Waals surface area contributed by atoms with Crippen LogP contribution in [0.3, 0.4) is 0 Å². The molecule has 0 aromatic carbocycles. The molecule has 0 bridgehead atoms. The zero-order chi connectivity index (χ0) is 10.7. The van der Waals surface area contributed by atoms with Gasteiger partial charge in [0.25, 0.3) is 5.91 Å². The molecule has 2 heterocycles. The van der Waals surface area contributed by atoms with Gasteiger partial charge in [0, 0.05) is 18.3 Å². The van der Waals surface area contributed by atoms with Gasteiger partial charge in [-0.25, -0.2) is 0 Å². The topological polar surface area (TPSA) is 83.6 Å². The highest BCUT2D eigenvalue weighted by molar-refractivity contribution is 7.07. The average Bonchev–Trinajstić information content (AvgIpc) is 2.84. The van der Waals surface area contributed by atoms with Gasteiger partial charge in [0.1, 0.15) is 4.88 Å². The lowest BCUT2D eigenvalue weighted by Crippen LogP contribution is -2.22. The summed E-state index contributed by atoms with van der Waals surface area (Å²) in [5, 5.41) is 13.0. The Morgan fingerprint density at radius 2 is 2.53 bits per heavy atom. The van der Waals surface area contributed by atoms with E-state index in [-0.39, 0.29) is 5.91 Å². The Bertz CT molecular complexity index is 449. The number of aromatic nitrogens is 4. The zero-order valence-electron chi connectivity index (χ0n) is 8.02. The number of H-pyrrole nitrogens is 1. The molecule has 7 heteroatoms. The molecule has 2 rings (SSSR count). The largest absolute Gasteiger partial charge is 0.347 e. The summed E-state index contributed by atoms with van der Waals surface area (Å²) in [6.45, 7) is 2.21. The molecule has 0 aliphatic heterocycles. The van der Waals surface area contributed by atoms with E-state index in [4.69, 9.17) is 0 Å². The molecular weight excluding hydrogens is 214 g/mol. The number of amides is 1. The maximum atomic E-state index is 11.6. The molecule has 6 nitrogen and oxygen atoms in total. The molecule has 0 aliphatic rings. The van der Waals surface area contributed by atoms with E-state index in [0.29, 0.717) is 17.1 Å². The molecule has 0 radical (unpaired) electrons. The monoisotopic (exact) mass is 223 g/mol. The highest BCUT2D eigenvalue weighted by atomic mass is 32.1. The van der Waals surface area contributed by atoms with Crippen LogP contribution >= 0.6 is 11.5 Å². The van der Waals surface area contributed by atoms with Crippen LogP contribution in [0, 0.1) is 6.92 Å². The molecule has 2 aromatic heterocycles. The summed E-state index contributed by atoms with van der Waals surface area (Å²) in [5.41, 5.74) is 1.59. The van der Waals surface area contributed by atoms with Gasteiger partial charge in [0.05, 0.1) is 11.9 Å². The van der Waals surface area contributed by atoms with Gasteiger partial charge in [0.15, 0.2) is 0 Å². The highest BCUT2D eigenvalue weighted by Gasteiger charge is 2.12. The van der Waals surface area contributed by atoms with Crippen molar-refractivity contribution in [3.63, 3.8) is 0 Å². The van der Waals surface area contributed by atoms with Crippen LogP contribution in [0.2, 0.25) is 0 Å². The lowest BCUT2D eigenvalue weighted by atomic mass is 10.3. The third-order valence-corrected chi connectivity index (χ3v) is 2.69. The van der Waals surface area contributed by atoms with E-state index in [2.05, 4.69) is 25.1 Å². The summed E-state index contributed by atoms with van der Waals surface area (Å²) in [6.07, 6.45) is 3.40. The minimum atomic E-state index is -0.149. The van der Waals surface area contributed by atoms with E-state index in [1.54, 1.807) is 19.3 Å². The quantitative estimate of drug-likeness (QED) is 0.793. The number of nitrogens with one attached hydrogen (secondary N) is 2. The van der Waals surface area contributed by atoms with Crippen molar-refractivity contribution in [1.82, 2.24) is 25.1 Å². The standard InChI is InChI=1S/C8H9N5OS/c1-5-7(15-13-12-5)8(14)9-2-6-3-10-11-4-6/h3-4H,2H2,1H3,(H,9,14)(H,10,11). The fourth-order valence-electron chi connectivity index (χ4n) is 1.08. The van der Waals surface area contributed by atoms with Crippen LogP contribution < -0.4 is 5.32 Å². The minimum absolute atomic E-state index is 0.149. The summed E-state index contributed by atoms with van der Waals surface area (Å²) in [7, 11) is 0. The van der Waals surface area contributed by atoms with Crippen molar-refractivity contribution in [1.29, 1.82) is 0 Å². The number of carbonyl (C=O) groups is 1. The minimum Gasteiger partial charge on any atom is -0.347 e. The van der Waals surface area contributed by atoms with Gasteiger partial charge in [0.2, 0.25) is 0 Å². The maximum absolute atomic E-state index is 11.6. The third kappa shape index (κ3) is 2.18. The number of hydrogen-bond donors (Lipinski definition) is 2. The van der Waals surface area contributed by atoms with Crippen molar-refractivity contribution in [2.24, 2.45) is 0 Å². The molecule has 78 valence electrons. The van der Waals surface area contributed by atoms with Crippen LogP contribution in [0.5, 0.6) is 0 Å². The van der Waals surface area contributed by atoms with Crippen molar-refractivity contribution >= 4 is 17.4 Å². The average molecular weight is 223 g/mol. The smallest absolute Gasteiger partial charge is 0.265 e. The summed E-state index contributed by atoms with van der Waals surface area (Å²) in [4.78, 5) is 12.2. The second-order valence-corrected chi connectivity index (χ2v) is 3.73. The number of aryl methyl sites for hydroxylation is 1. The van der Waals surface area contributed by atoms with E-state index in [1.807, 2.05) is 0 Å². The molecule has 0 saturated heterocycles. The molecule has 15 heavy (non-hydrogen) atoms. The van der Waals surface area contributed by atoms with Crippen LogP contribution in [-0.2, 0) is 6.54 Å². The summed E-state index contributed by atoms with van der Waals surface area (Å²) in [5.74, 6) is -0.149. The molecule has 2 N–H and O–H groups in total. The first-order chi connectivity index (χ1) is 7.27. The van der Waals surface area contributed by atoms with E-state index in [9.17, 15) is 4.79 Å². The molecule has 0 saturated carbocycles. The Morgan fingerprint density at radius 3 is 3.13 bits per heavy atom. The molecule has 0 fully saturated rings. The second-order valence-electron chi connectivity index (χ2n) is 2.98. The first kappa shape index (κ1) is 9.78. The number of carbonyl (C=O) groups excluding carboxylic acids is 1. The van der Waals surface area contributed by atoms with Crippen LogP contribution in [0.4, 0.5) is 0 Å². The van der Waals surface area contributed by atoms with Gasteiger partial charge >= 0.3 is 0 Å². The molecule has 0 aliphatic carbocycles. The number of nitrogens with zero attached hydrogens (tertiary/aromatic N) is 3. The Hall–Kier alpha value is -1.76. The van der Waals surface area contributed by atoms with E-state index in [0.717, 1.165) is 17.1 Å². The molecule has 0 atom stereocenters. The van der Waals surface area contributed by atoms with Gasteiger partial charge in [-0.3, -0.25) is 9.89 Å². The molecule has 0 unspecified atom stereocenters. The van der Waals surface area contributed by atoms with Crippen molar-refractivity contribution in [2.75, 3.05) is 0 Å². The number of aromatic amines is 1. The van der Waals surface area contributed by atoms with Gasteiger partial charge in [-0.15, -0.1) is 5.10 Å². The molecule has 0 spiro atoms. The Kier molecular flexibility index (Phi) is 2.72. The summed E-state index contributed by atoms with van der Waals surface area (Å²) >= 11 is 1.10. The van der Waals surface area contributed by atoms with Crippen molar-refractivity contribution in [3.8, 4) is 0 Å². The first-order valence-electron chi connectivity index (χ1n) is 4.32. The first-order valence-corrected chi connectivity index (χ1v) is 5.09. The lowest BCUT2D eigenvalue weighted by Gasteiger charge is -2.00. The number of rotatable bonds is 3. The van der Waals surface area contributed by atoms with Gasteiger partial charge < -0.3 is 5.32 Å². The Labute approximate surface area is 89.9 Å². The highest BCUT2D eigenvalue weighted by Crippen LogP contribution is 2.08. The normalized spacial score (nSPS) is 10.2. The fraction of sp³-hybridized carbons (Fsp3) is 0.250. The molecule has 1 amide bonds. The molecular formula is C8H9N5OS. The second kappa shape index (κ2) is 4.18. The van der Waals surface area contributed by atoms with Gasteiger partial charge in [-0.2, -0.15) is 5.10 Å². The SMILES string of the molecule is Cc1nnsc1C(=O)NCc1cn[nH]c1. The Morgan fingerprint density at radius 1 is 1.67 bits per heavy atom. The third-order valence-electron chi connectivity index (χ3n) is 1.87. The van der Waals surface area contributed by atoms with Crippen LogP contribution in [-0.4, -0.2) is 25.7 Å². The predicted molar refractivity (Wildman–Crippen MR) is 54.4 cm³/mol. The van der Waals surface area contributed by atoms with Crippen molar-refractivity contribution in [3.05, 3.63) is 28.5 Å². The Balaban J connectivity index is 1.96. The summed E-state index contributed by atoms with van der Waals surface area (Å²) < 4.78 is 3.70. The van der Waals surface area contributed by atoms with E-state index in [1.165, 1.54) is 0 Å². The zero-order valence-corrected chi connectivity index (χ0v) is 8.84. The van der Waals surface area contributed by atoms with Crippen LogP contribution in [0.25, 0.3) is 0 Å². The van der Waals surface area contributed by atoms with Crippen molar-refractivity contribution in [2.45, 2.75) is 13.5 Å². The maximum Gasteiger partial charge on any atom is 0.265 e. The summed E-state index contributed by atoms with van der Waals surface area (Å²) in [6, 6.07) is 0. The van der Waals surface area contributed by atoms with Crippen LogP contribution in [0.15, 0.2) is 12.4 Å². The fourth-order valence-corrected chi connectivity index (χ4v) is 1.65. The number of hydrogen-bond acceptors (Lipinski definition) is 5. The van der Waals surface area contributed by atoms with Crippen LogP contribution in [0.1, 0.15) is 20.9 Å². The lowest BCUT2D eigenvalue weighted by molar-refractivity contribution is 0.0954. The predicted octanol–water partition coefficient (Wildman–Crippen LogP) is 0.500. The van der Waals surface area contributed by atoms with Crippen molar-refractivity contribution < 1.29 is 4.79 Å². The van der Waals surface area contributed by atoms with E-state index >= 15 is 0 Å². The van der Waals surface area contributed by atoms with E-state index < -0.39 is 0 Å². The van der Waals surface area contributed by atoms with Gasteiger partial charge in [-0.05, 0) is 18.5 Å².